The van der Waals surface area contributed by atoms with Crippen LogP contribution in [0, 0.1) is 0 Å². The quantitative estimate of drug-likeness (QED) is 0.820. The number of rotatable bonds is 3. The Morgan fingerprint density at radius 3 is 2.50 bits per heavy atom. The molecule has 0 saturated heterocycles. The van der Waals surface area contributed by atoms with Crippen molar-refractivity contribution < 1.29 is 0 Å². The van der Waals surface area contributed by atoms with E-state index in [1.165, 1.54) is 38.5 Å². The maximum absolute atomic E-state index is 4.32. The van der Waals surface area contributed by atoms with Crippen molar-refractivity contribution >= 4 is 12.4 Å². The van der Waals surface area contributed by atoms with Crippen LogP contribution < -0.4 is 5.32 Å². The number of nitrogens with one attached hydrogen (secondary N) is 1. The van der Waals surface area contributed by atoms with Crippen molar-refractivity contribution in [3.05, 3.63) is 30.1 Å². The van der Waals surface area contributed by atoms with Crippen molar-refractivity contribution in [1.29, 1.82) is 0 Å². The summed E-state index contributed by atoms with van der Waals surface area (Å²) in [6.07, 6.45) is 10.2. The van der Waals surface area contributed by atoms with Crippen molar-refractivity contribution in [2.75, 3.05) is 0 Å². The molecule has 2 rings (SSSR count). The summed E-state index contributed by atoms with van der Waals surface area (Å²) in [6, 6.07) is 6.82. The van der Waals surface area contributed by atoms with E-state index in [9.17, 15) is 0 Å². The highest BCUT2D eigenvalue weighted by Gasteiger charge is 2.11. The molecule has 1 fully saturated rings. The largest absolute Gasteiger partial charge is 0.308 e. The van der Waals surface area contributed by atoms with Gasteiger partial charge in [-0.25, -0.2) is 0 Å². The molecule has 16 heavy (non-hydrogen) atoms. The third-order valence-corrected chi connectivity index (χ3v) is 3.15. The van der Waals surface area contributed by atoms with Crippen molar-refractivity contribution in [1.82, 2.24) is 10.3 Å². The minimum atomic E-state index is 0. The zero-order chi connectivity index (χ0) is 10.3. The van der Waals surface area contributed by atoms with Crippen LogP contribution >= 0.6 is 12.4 Å². The van der Waals surface area contributed by atoms with E-state index in [0.717, 1.165) is 18.3 Å². The van der Waals surface area contributed by atoms with Gasteiger partial charge < -0.3 is 5.32 Å². The summed E-state index contributed by atoms with van der Waals surface area (Å²) in [4.78, 5) is 4.32. The standard InChI is InChI=1S/C13H20N2.ClH/c1-2-4-8-12(7-3-1)15-11-13-9-5-6-10-14-13;/h5-6,9-10,12,15H,1-4,7-8,11H2;1H. The lowest BCUT2D eigenvalue weighted by Crippen LogP contribution is -2.28. The van der Waals surface area contributed by atoms with Crippen LogP contribution in [0.2, 0.25) is 0 Å². The Morgan fingerprint density at radius 1 is 1.12 bits per heavy atom. The number of aromatic nitrogens is 1. The lowest BCUT2D eigenvalue weighted by atomic mass is 10.1. The Labute approximate surface area is 104 Å². The zero-order valence-electron chi connectivity index (χ0n) is 9.69. The van der Waals surface area contributed by atoms with Gasteiger partial charge in [-0.15, -0.1) is 12.4 Å². The van der Waals surface area contributed by atoms with E-state index in [1.54, 1.807) is 0 Å². The topological polar surface area (TPSA) is 24.9 Å². The third kappa shape index (κ3) is 4.50. The van der Waals surface area contributed by atoms with Crippen molar-refractivity contribution in [3.8, 4) is 0 Å². The van der Waals surface area contributed by atoms with Gasteiger partial charge >= 0.3 is 0 Å². The van der Waals surface area contributed by atoms with E-state index in [4.69, 9.17) is 0 Å². The first-order valence-electron chi connectivity index (χ1n) is 6.08. The second kappa shape index (κ2) is 7.64. The molecule has 3 heteroatoms. The average molecular weight is 241 g/mol. The van der Waals surface area contributed by atoms with Gasteiger partial charge in [-0.3, -0.25) is 4.98 Å². The summed E-state index contributed by atoms with van der Waals surface area (Å²) >= 11 is 0. The fourth-order valence-electron chi connectivity index (χ4n) is 2.24. The van der Waals surface area contributed by atoms with Gasteiger partial charge in [0.25, 0.3) is 0 Å². The predicted molar refractivity (Wildman–Crippen MR) is 69.8 cm³/mol. The molecule has 90 valence electrons. The monoisotopic (exact) mass is 240 g/mol. The van der Waals surface area contributed by atoms with Crippen LogP contribution in [0.25, 0.3) is 0 Å². The molecule has 0 radical (unpaired) electrons. The molecule has 1 aromatic rings. The lowest BCUT2D eigenvalue weighted by Gasteiger charge is -2.15. The Bertz CT molecular complexity index is 269. The van der Waals surface area contributed by atoms with Crippen LogP contribution in [0.3, 0.4) is 0 Å². The van der Waals surface area contributed by atoms with E-state index in [0.29, 0.717) is 0 Å². The van der Waals surface area contributed by atoms with Gasteiger partial charge in [0.1, 0.15) is 0 Å². The van der Waals surface area contributed by atoms with Gasteiger partial charge in [0.2, 0.25) is 0 Å². The molecule has 0 spiro atoms. The fourth-order valence-corrected chi connectivity index (χ4v) is 2.24. The maximum atomic E-state index is 4.32. The summed E-state index contributed by atoms with van der Waals surface area (Å²) in [6.45, 7) is 0.922. The molecule has 0 aliphatic heterocycles. The summed E-state index contributed by atoms with van der Waals surface area (Å²) in [5, 5.41) is 3.62. The van der Waals surface area contributed by atoms with Crippen LogP contribution in [0.15, 0.2) is 24.4 Å². The van der Waals surface area contributed by atoms with Crippen molar-refractivity contribution in [2.45, 2.75) is 51.1 Å². The molecule has 0 amide bonds. The molecule has 1 aliphatic carbocycles. The number of hydrogen-bond donors (Lipinski definition) is 1. The molecule has 0 bridgehead atoms. The minimum absolute atomic E-state index is 0. The van der Waals surface area contributed by atoms with Crippen LogP contribution in [0.1, 0.15) is 44.2 Å². The first-order valence-corrected chi connectivity index (χ1v) is 6.08. The maximum Gasteiger partial charge on any atom is 0.0541 e. The molecule has 1 aliphatic rings. The Hall–Kier alpha value is -0.600. The molecular formula is C13H21ClN2. The minimum Gasteiger partial charge on any atom is -0.308 e. The molecular weight excluding hydrogens is 220 g/mol. The van der Waals surface area contributed by atoms with Gasteiger partial charge in [0, 0.05) is 18.8 Å². The molecule has 1 aromatic heterocycles. The number of nitrogens with zero attached hydrogens (tertiary/aromatic N) is 1. The molecule has 2 nitrogen and oxygen atoms in total. The van der Waals surface area contributed by atoms with Gasteiger partial charge in [-0.1, -0.05) is 31.7 Å². The summed E-state index contributed by atoms with van der Waals surface area (Å²) in [5.74, 6) is 0. The highest BCUT2D eigenvalue weighted by atomic mass is 35.5. The fraction of sp³-hybridized carbons (Fsp3) is 0.615. The first kappa shape index (κ1) is 13.5. The highest BCUT2D eigenvalue weighted by molar-refractivity contribution is 5.85. The molecule has 0 unspecified atom stereocenters. The third-order valence-electron chi connectivity index (χ3n) is 3.15. The normalized spacial score (nSPS) is 17.5. The van der Waals surface area contributed by atoms with Crippen LogP contribution in [0.5, 0.6) is 0 Å². The second-order valence-corrected chi connectivity index (χ2v) is 4.39. The van der Waals surface area contributed by atoms with Crippen molar-refractivity contribution in [2.24, 2.45) is 0 Å². The molecule has 0 atom stereocenters. The number of pyridine rings is 1. The molecule has 1 heterocycles. The van der Waals surface area contributed by atoms with E-state index < -0.39 is 0 Å². The van der Waals surface area contributed by atoms with E-state index >= 15 is 0 Å². The van der Waals surface area contributed by atoms with Crippen LogP contribution in [-0.4, -0.2) is 11.0 Å². The number of hydrogen-bond acceptors (Lipinski definition) is 2. The van der Waals surface area contributed by atoms with Gasteiger partial charge in [-0.05, 0) is 25.0 Å². The SMILES string of the molecule is Cl.c1ccc(CNC2CCCCCC2)nc1. The van der Waals surface area contributed by atoms with Gasteiger partial charge in [0.15, 0.2) is 0 Å². The van der Waals surface area contributed by atoms with E-state index in [-0.39, 0.29) is 12.4 Å². The Morgan fingerprint density at radius 2 is 1.88 bits per heavy atom. The first-order chi connectivity index (χ1) is 7.45. The smallest absolute Gasteiger partial charge is 0.0541 e. The van der Waals surface area contributed by atoms with Gasteiger partial charge in [-0.2, -0.15) is 0 Å². The lowest BCUT2D eigenvalue weighted by molar-refractivity contribution is 0.456. The highest BCUT2D eigenvalue weighted by Crippen LogP contribution is 2.17. The van der Waals surface area contributed by atoms with Crippen LogP contribution in [0.4, 0.5) is 0 Å². The van der Waals surface area contributed by atoms with E-state index in [1.807, 2.05) is 12.3 Å². The summed E-state index contributed by atoms with van der Waals surface area (Å²) < 4.78 is 0. The second-order valence-electron chi connectivity index (χ2n) is 4.39. The van der Waals surface area contributed by atoms with E-state index in [2.05, 4.69) is 22.4 Å². The molecule has 1 saturated carbocycles. The average Bonchev–Trinajstić information content (AvgIpc) is 2.56. The number of halogens is 1. The predicted octanol–water partition coefficient (Wildman–Crippen LogP) is 3.32. The van der Waals surface area contributed by atoms with Crippen molar-refractivity contribution in [3.63, 3.8) is 0 Å². The molecule has 1 N–H and O–H groups in total. The molecule has 0 aromatic carbocycles. The summed E-state index contributed by atoms with van der Waals surface area (Å²) in [7, 11) is 0. The van der Waals surface area contributed by atoms with Gasteiger partial charge in [0.05, 0.1) is 5.69 Å². The zero-order valence-corrected chi connectivity index (χ0v) is 10.5. The van der Waals surface area contributed by atoms with Crippen LogP contribution in [-0.2, 0) is 6.54 Å². The summed E-state index contributed by atoms with van der Waals surface area (Å²) in [5.41, 5.74) is 1.15. The Balaban J connectivity index is 0.00000128. The Kier molecular flexibility index (Phi) is 6.43.